The van der Waals surface area contributed by atoms with Crippen molar-refractivity contribution in [2.75, 3.05) is 7.11 Å². The van der Waals surface area contributed by atoms with Crippen LogP contribution in [0.5, 0.6) is 5.75 Å². The van der Waals surface area contributed by atoms with Crippen molar-refractivity contribution < 1.29 is 9.15 Å². The molecule has 1 N–H and O–H groups in total. The minimum absolute atomic E-state index is 0.382. The van der Waals surface area contributed by atoms with Crippen LogP contribution in [0.2, 0.25) is 5.02 Å². The number of hydrogen-bond donors (Lipinski definition) is 1. The van der Waals surface area contributed by atoms with Crippen LogP contribution in [0.15, 0.2) is 56.8 Å². The second-order valence-corrected chi connectivity index (χ2v) is 6.85. The summed E-state index contributed by atoms with van der Waals surface area (Å²) in [6.07, 6.45) is 0. The number of methoxy groups -OCH3 is 1. The van der Waals surface area contributed by atoms with Gasteiger partial charge in [-0.05, 0) is 35.9 Å². The molecule has 0 radical (unpaired) electrons. The van der Waals surface area contributed by atoms with Gasteiger partial charge in [0.05, 0.1) is 18.1 Å². The van der Waals surface area contributed by atoms with E-state index in [-0.39, 0.29) is 5.63 Å². The quantitative estimate of drug-likeness (QED) is 0.418. The van der Waals surface area contributed by atoms with Gasteiger partial charge in [0.1, 0.15) is 11.3 Å². The van der Waals surface area contributed by atoms with Crippen LogP contribution in [0.25, 0.3) is 22.0 Å². The minimum atomic E-state index is -0.382. The topological polar surface area (TPSA) is 68.1 Å². The molecule has 0 saturated carbocycles. The number of imidazole rings is 1. The number of ether oxygens (including phenoxy) is 1. The third kappa shape index (κ3) is 3.23. The summed E-state index contributed by atoms with van der Waals surface area (Å²) in [5.74, 6) is 1.23. The molecule has 0 aliphatic rings. The van der Waals surface area contributed by atoms with E-state index >= 15 is 0 Å². The van der Waals surface area contributed by atoms with Gasteiger partial charge in [-0.15, -0.1) is 0 Å². The van der Waals surface area contributed by atoms with Crippen LogP contribution in [0.3, 0.4) is 0 Å². The van der Waals surface area contributed by atoms with E-state index in [0.717, 1.165) is 27.1 Å². The second-order valence-electron chi connectivity index (χ2n) is 5.44. The SMILES string of the molecule is COc1ccc2c(CSc3nc4ccc(Cl)cc4[nH]3)cc(=O)oc2c1. The molecule has 0 aliphatic carbocycles. The third-order valence-electron chi connectivity index (χ3n) is 3.82. The average molecular weight is 373 g/mol. The van der Waals surface area contributed by atoms with Crippen molar-refractivity contribution in [3.05, 3.63) is 63.5 Å². The van der Waals surface area contributed by atoms with Crippen LogP contribution in [-0.4, -0.2) is 17.1 Å². The maximum Gasteiger partial charge on any atom is 0.336 e. The molecule has 4 rings (SSSR count). The van der Waals surface area contributed by atoms with Crippen LogP contribution < -0.4 is 10.4 Å². The number of aromatic amines is 1. The van der Waals surface area contributed by atoms with Gasteiger partial charge in [0.15, 0.2) is 5.16 Å². The number of benzene rings is 2. The van der Waals surface area contributed by atoms with Crippen LogP contribution in [0.4, 0.5) is 0 Å². The monoisotopic (exact) mass is 372 g/mol. The molecule has 4 aromatic rings. The molecule has 2 aromatic heterocycles. The van der Waals surface area contributed by atoms with Crippen LogP contribution in [-0.2, 0) is 5.75 Å². The fourth-order valence-electron chi connectivity index (χ4n) is 2.63. The highest BCUT2D eigenvalue weighted by Crippen LogP contribution is 2.28. The van der Waals surface area contributed by atoms with Gasteiger partial charge in [0.2, 0.25) is 0 Å². The highest BCUT2D eigenvalue weighted by molar-refractivity contribution is 7.98. The zero-order valence-electron chi connectivity index (χ0n) is 13.2. The van der Waals surface area contributed by atoms with Gasteiger partial charge in [-0.3, -0.25) is 0 Å². The summed E-state index contributed by atoms with van der Waals surface area (Å²) in [4.78, 5) is 19.6. The van der Waals surface area contributed by atoms with Gasteiger partial charge in [0, 0.05) is 28.3 Å². The number of halogens is 1. The average Bonchev–Trinajstić information content (AvgIpc) is 3.00. The molecular weight excluding hydrogens is 360 g/mol. The Bertz CT molecular complexity index is 1140. The number of fused-ring (bicyclic) bond motifs is 2. The summed E-state index contributed by atoms with van der Waals surface area (Å²) < 4.78 is 10.5. The van der Waals surface area contributed by atoms with Crippen LogP contribution in [0.1, 0.15) is 5.56 Å². The summed E-state index contributed by atoms with van der Waals surface area (Å²) in [5, 5.41) is 2.31. The molecule has 0 amide bonds. The molecule has 0 unspecified atom stereocenters. The van der Waals surface area contributed by atoms with E-state index in [4.69, 9.17) is 20.8 Å². The lowest BCUT2D eigenvalue weighted by atomic mass is 10.1. The summed E-state index contributed by atoms with van der Waals surface area (Å²) in [5.41, 5.74) is 2.76. The Kier molecular flexibility index (Phi) is 4.15. The number of nitrogens with one attached hydrogen (secondary N) is 1. The van der Waals surface area contributed by atoms with Crippen molar-refractivity contribution in [2.45, 2.75) is 10.9 Å². The fourth-order valence-corrected chi connectivity index (χ4v) is 3.68. The molecule has 0 saturated heterocycles. The molecule has 0 fully saturated rings. The van der Waals surface area contributed by atoms with E-state index in [1.165, 1.54) is 17.8 Å². The molecule has 0 spiro atoms. The predicted molar refractivity (Wildman–Crippen MR) is 99.7 cm³/mol. The third-order valence-corrected chi connectivity index (χ3v) is 4.98. The number of thioether (sulfide) groups is 1. The Morgan fingerprint density at radius 1 is 1.24 bits per heavy atom. The lowest BCUT2D eigenvalue weighted by molar-refractivity contribution is 0.414. The zero-order valence-corrected chi connectivity index (χ0v) is 14.8. The van der Waals surface area contributed by atoms with Gasteiger partial charge in [0.25, 0.3) is 0 Å². The maximum atomic E-state index is 11.8. The Labute approximate surface area is 152 Å². The van der Waals surface area contributed by atoms with E-state index in [2.05, 4.69) is 9.97 Å². The molecule has 0 aliphatic heterocycles. The summed E-state index contributed by atoms with van der Waals surface area (Å²) in [7, 11) is 1.58. The lowest BCUT2D eigenvalue weighted by Crippen LogP contribution is -2.00. The first kappa shape index (κ1) is 16.1. The van der Waals surface area contributed by atoms with Crippen molar-refractivity contribution in [1.29, 1.82) is 0 Å². The lowest BCUT2D eigenvalue weighted by Gasteiger charge is -2.06. The van der Waals surface area contributed by atoms with Gasteiger partial charge < -0.3 is 14.1 Å². The Morgan fingerprint density at radius 2 is 2.12 bits per heavy atom. The van der Waals surface area contributed by atoms with Crippen molar-refractivity contribution in [1.82, 2.24) is 9.97 Å². The van der Waals surface area contributed by atoms with Crippen molar-refractivity contribution in [3.63, 3.8) is 0 Å². The second kappa shape index (κ2) is 6.46. The smallest absolute Gasteiger partial charge is 0.336 e. The van der Waals surface area contributed by atoms with E-state index < -0.39 is 0 Å². The number of H-pyrrole nitrogens is 1. The van der Waals surface area contributed by atoms with Crippen molar-refractivity contribution >= 4 is 45.4 Å². The molecular formula is C18H13ClN2O3S. The summed E-state index contributed by atoms with van der Waals surface area (Å²) in [6, 6.07) is 12.5. The number of rotatable bonds is 4. The van der Waals surface area contributed by atoms with E-state index in [1.54, 1.807) is 13.2 Å². The highest BCUT2D eigenvalue weighted by atomic mass is 35.5. The van der Waals surface area contributed by atoms with Crippen molar-refractivity contribution in [2.24, 2.45) is 0 Å². The van der Waals surface area contributed by atoms with Crippen LogP contribution >= 0.6 is 23.4 Å². The molecule has 0 bridgehead atoms. The summed E-state index contributed by atoms with van der Waals surface area (Å²) >= 11 is 7.52. The van der Waals surface area contributed by atoms with Gasteiger partial charge >= 0.3 is 5.63 Å². The normalized spacial score (nSPS) is 11.3. The maximum absolute atomic E-state index is 11.8. The standard InChI is InChI=1S/C18H13ClN2O3S/c1-23-12-3-4-13-10(6-17(22)24-16(13)8-12)9-25-18-20-14-5-2-11(19)7-15(14)21-18/h2-8H,9H2,1H3,(H,20,21). The Balaban J connectivity index is 1.66. The first-order valence-corrected chi connectivity index (χ1v) is 8.87. The number of aromatic nitrogens is 2. The highest BCUT2D eigenvalue weighted by Gasteiger charge is 2.10. The molecule has 2 aromatic carbocycles. The first-order chi connectivity index (χ1) is 12.1. The molecule has 0 atom stereocenters. The van der Waals surface area contributed by atoms with Gasteiger partial charge in [-0.25, -0.2) is 9.78 Å². The Morgan fingerprint density at radius 3 is 2.96 bits per heavy atom. The number of nitrogens with zero attached hydrogens (tertiary/aromatic N) is 1. The van der Waals surface area contributed by atoms with Gasteiger partial charge in [-0.2, -0.15) is 0 Å². The van der Waals surface area contributed by atoms with E-state index in [9.17, 15) is 4.79 Å². The predicted octanol–water partition coefficient (Wildman–Crippen LogP) is 4.62. The molecule has 126 valence electrons. The zero-order chi connectivity index (χ0) is 17.4. The number of hydrogen-bond acceptors (Lipinski definition) is 5. The molecule has 5 nitrogen and oxygen atoms in total. The van der Waals surface area contributed by atoms with Gasteiger partial charge in [-0.1, -0.05) is 23.4 Å². The van der Waals surface area contributed by atoms with Crippen molar-refractivity contribution in [3.8, 4) is 5.75 Å². The fraction of sp³-hybridized carbons (Fsp3) is 0.111. The largest absolute Gasteiger partial charge is 0.497 e. The molecule has 2 heterocycles. The van der Waals surface area contributed by atoms with E-state index in [0.29, 0.717) is 22.1 Å². The molecule has 25 heavy (non-hydrogen) atoms. The Hall–Kier alpha value is -2.44. The summed E-state index contributed by atoms with van der Waals surface area (Å²) in [6.45, 7) is 0. The molecule has 7 heteroatoms. The minimum Gasteiger partial charge on any atom is -0.497 e. The van der Waals surface area contributed by atoms with E-state index in [1.807, 2.05) is 30.3 Å². The van der Waals surface area contributed by atoms with Crippen LogP contribution in [0, 0.1) is 0 Å². The first-order valence-electron chi connectivity index (χ1n) is 7.51.